The van der Waals surface area contributed by atoms with E-state index >= 15 is 0 Å². The Labute approximate surface area is 150 Å². The monoisotopic (exact) mass is 377 g/mol. The molecule has 26 heavy (non-hydrogen) atoms. The highest BCUT2D eigenvalue weighted by molar-refractivity contribution is 7.91. The maximum atomic E-state index is 12.6. The molecular formula is C15H19N7O3S. The Balaban J connectivity index is 1.44. The number of carbonyl (C=O) groups is 1. The van der Waals surface area contributed by atoms with Crippen LogP contribution in [0.2, 0.25) is 0 Å². The second-order valence-electron chi connectivity index (χ2n) is 6.40. The van der Waals surface area contributed by atoms with Gasteiger partial charge in [-0.25, -0.2) is 13.2 Å². The molecule has 2 aliphatic heterocycles. The molecule has 2 amide bonds. The molecule has 3 heterocycles. The maximum Gasteiger partial charge on any atom is 0.318 e. The highest BCUT2D eigenvalue weighted by atomic mass is 32.2. The quantitative estimate of drug-likeness (QED) is 0.699. The van der Waals surface area contributed by atoms with Crippen LogP contribution in [-0.2, 0) is 16.4 Å². The van der Waals surface area contributed by atoms with Gasteiger partial charge in [0, 0.05) is 19.1 Å². The zero-order valence-electron chi connectivity index (χ0n) is 13.9. The minimum absolute atomic E-state index is 0.000159. The molecule has 2 fully saturated rings. The van der Waals surface area contributed by atoms with Gasteiger partial charge >= 0.3 is 6.03 Å². The van der Waals surface area contributed by atoms with E-state index in [-0.39, 0.29) is 36.2 Å². The molecule has 0 aliphatic carbocycles. The number of fused-ring (bicyclic) bond motifs is 1. The number of rotatable bonds is 3. The topological polar surface area (TPSA) is 122 Å². The lowest BCUT2D eigenvalue weighted by Gasteiger charge is -2.37. The van der Waals surface area contributed by atoms with Gasteiger partial charge in [0.1, 0.15) is 0 Å². The number of nitrogens with one attached hydrogen (secondary N) is 2. The molecule has 0 unspecified atom stereocenters. The Kier molecular flexibility index (Phi) is 4.32. The number of carbonyl (C=O) groups excluding carboxylic acids is 1. The van der Waals surface area contributed by atoms with E-state index in [4.69, 9.17) is 0 Å². The molecule has 2 aromatic rings. The number of benzene rings is 1. The Bertz CT molecular complexity index is 899. The van der Waals surface area contributed by atoms with E-state index in [9.17, 15) is 13.2 Å². The average molecular weight is 377 g/mol. The van der Waals surface area contributed by atoms with Gasteiger partial charge in [-0.05, 0) is 22.6 Å². The van der Waals surface area contributed by atoms with E-state index in [1.807, 2.05) is 30.3 Å². The summed E-state index contributed by atoms with van der Waals surface area (Å²) in [7, 11) is -3.12. The van der Waals surface area contributed by atoms with Crippen molar-refractivity contribution in [1.82, 2.24) is 35.7 Å². The number of hydrogen-bond acceptors (Lipinski definition) is 7. The molecule has 1 aromatic heterocycles. The number of tetrazole rings is 1. The molecule has 0 bridgehead atoms. The summed E-state index contributed by atoms with van der Waals surface area (Å²) in [6, 6.07) is 8.54. The highest BCUT2D eigenvalue weighted by Crippen LogP contribution is 2.21. The molecule has 0 saturated carbocycles. The molecule has 10 nitrogen and oxygen atoms in total. The second kappa shape index (κ2) is 6.65. The van der Waals surface area contributed by atoms with Gasteiger partial charge in [-0.2, -0.15) is 4.68 Å². The van der Waals surface area contributed by atoms with Crippen molar-refractivity contribution in [2.24, 2.45) is 0 Å². The van der Waals surface area contributed by atoms with Crippen LogP contribution in [-0.4, -0.2) is 76.2 Å². The molecule has 11 heteroatoms. The third-order valence-electron chi connectivity index (χ3n) is 4.68. The van der Waals surface area contributed by atoms with E-state index in [0.717, 1.165) is 5.69 Å². The predicted molar refractivity (Wildman–Crippen MR) is 92.3 cm³/mol. The van der Waals surface area contributed by atoms with Gasteiger partial charge in [0.15, 0.2) is 15.7 Å². The van der Waals surface area contributed by atoms with Crippen molar-refractivity contribution >= 4 is 15.9 Å². The number of sulfone groups is 1. The van der Waals surface area contributed by atoms with Crippen molar-refractivity contribution in [3.63, 3.8) is 0 Å². The summed E-state index contributed by atoms with van der Waals surface area (Å²) in [5.74, 6) is 0.573. The van der Waals surface area contributed by atoms with Crippen molar-refractivity contribution in [3.8, 4) is 5.69 Å². The largest absolute Gasteiger partial charge is 0.331 e. The molecule has 2 N–H and O–H groups in total. The summed E-state index contributed by atoms with van der Waals surface area (Å²) >= 11 is 0. The Morgan fingerprint density at radius 2 is 2.08 bits per heavy atom. The van der Waals surface area contributed by atoms with Crippen molar-refractivity contribution in [2.75, 3.05) is 24.6 Å². The first-order valence-electron chi connectivity index (χ1n) is 8.34. The summed E-state index contributed by atoms with van der Waals surface area (Å²) in [6.45, 7) is 1.19. The van der Waals surface area contributed by atoms with Crippen molar-refractivity contribution in [2.45, 2.75) is 18.6 Å². The van der Waals surface area contributed by atoms with Crippen LogP contribution in [0.25, 0.3) is 5.69 Å². The molecule has 0 spiro atoms. The fraction of sp³-hybridized carbons (Fsp3) is 0.467. The zero-order valence-corrected chi connectivity index (χ0v) is 14.8. The minimum atomic E-state index is -3.12. The number of hydrogen-bond donors (Lipinski definition) is 2. The molecule has 1 aromatic carbocycles. The van der Waals surface area contributed by atoms with Crippen molar-refractivity contribution in [1.29, 1.82) is 0 Å². The van der Waals surface area contributed by atoms with Gasteiger partial charge in [-0.3, -0.25) is 0 Å². The van der Waals surface area contributed by atoms with Gasteiger partial charge in [-0.15, -0.1) is 5.10 Å². The second-order valence-corrected chi connectivity index (χ2v) is 8.55. The van der Waals surface area contributed by atoms with Crippen LogP contribution >= 0.6 is 0 Å². The summed E-state index contributed by atoms with van der Waals surface area (Å²) in [4.78, 5) is 14.2. The first kappa shape index (κ1) is 16.9. The molecule has 2 atom stereocenters. The van der Waals surface area contributed by atoms with Crippen LogP contribution in [0.15, 0.2) is 30.3 Å². The van der Waals surface area contributed by atoms with E-state index in [0.29, 0.717) is 18.9 Å². The number of para-hydroxylation sites is 1. The summed E-state index contributed by atoms with van der Waals surface area (Å²) in [6.07, 6.45) is 0. The van der Waals surface area contributed by atoms with Gasteiger partial charge in [0.05, 0.1) is 29.8 Å². The van der Waals surface area contributed by atoms with E-state index in [1.54, 1.807) is 9.58 Å². The summed E-state index contributed by atoms with van der Waals surface area (Å²) < 4.78 is 25.3. The average Bonchev–Trinajstić information content (AvgIpc) is 3.22. The van der Waals surface area contributed by atoms with Crippen LogP contribution in [0.5, 0.6) is 0 Å². The van der Waals surface area contributed by atoms with E-state index in [1.165, 1.54) is 0 Å². The first-order chi connectivity index (χ1) is 12.5. The Morgan fingerprint density at radius 1 is 1.27 bits per heavy atom. The van der Waals surface area contributed by atoms with Crippen molar-refractivity contribution in [3.05, 3.63) is 36.2 Å². The van der Waals surface area contributed by atoms with Gasteiger partial charge < -0.3 is 15.5 Å². The highest BCUT2D eigenvalue weighted by Gasteiger charge is 2.44. The molecule has 2 aliphatic rings. The Morgan fingerprint density at radius 3 is 2.88 bits per heavy atom. The van der Waals surface area contributed by atoms with Crippen LogP contribution in [0, 0.1) is 0 Å². The lowest BCUT2D eigenvalue weighted by atomic mass is 10.1. The van der Waals surface area contributed by atoms with Gasteiger partial charge in [0.25, 0.3) is 0 Å². The fourth-order valence-corrected chi connectivity index (χ4v) is 5.42. The third-order valence-corrected chi connectivity index (χ3v) is 6.39. The van der Waals surface area contributed by atoms with E-state index in [2.05, 4.69) is 26.2 Å². The molecule has 0 radical (unpaired) electrons. The third kappa shape index (κ3) is 3.27. The Hall–Kier alpha value is -2.53. The van der Waals surface area contributed by atoms with Crippen LogP contribution in [0.4, 0.5) is 4.79 Å². The molecule has 138 valence electrons. The zero-order chi connectivity index (χ0) is 18.1. The standard InChI is InChI=1S/C15H19N7O3S/c23-15(21-7-6-16-12-9-26(24,25)10-13(12)21)17-8-14-18-19-20-22(14)11-4-2-1-3-5-11/h1-5,12-13,16H,6-10H2,(H,17,23)/t12-,13+/m0/s1. The van der Waals surface area contributed by atoms with E-state index < -0.39 is 9.84 Å². The summed E-state index contributed by atoms with van der Waals surface area (Å²) in [5, 5.41) is 17.6. The first-order valence-corrected chi connectivity index (χ1v) is 10.2. The smallest absolute Gasteiger partial charge is 0.318 e. The lowest BCUT2D eigenvalue weighted by Crippen LogP contribution is -2.60. The van der Waals surface area contributed by atoms with Gasteiger partial charge in [0.2, 0.25) is 0 Å². The number of nitrogens with zero attached hydrogens (tertiary/aromatic N) is 5. The van der Waals surface area contributed by atoms with Crippen LogP contribution < -0.4 is 10.6 Å². The van der Waals surface area contributed by atoms with Crippen molar-refractivity contribution < 1.29 is 13.2 Å². The van der Waals surface area contributed by atoms with Crippen LogP contribution in [0.1, 0.15) is 5.82 Å². The predicted octanol–water partition coefficient (Wildman–Crippen LogP) is -1.06. The number of aromatic nitrogens is 4. The fourth-order valence-electron chi connectivity index (χ4n) is 3.46. The number of piperazine rings is 1. The maximum absolute atomic E-state index is 12.6. The lowest BCUT2D eigenvalue weighted by molar-refractivity contribution is 0.151. The molecular weight excluding hydrogens is 358 g/mol. The number of amides is 2. The SMILES string of the molecule is O=C(NCc1nnnn1-c1ccccc1)N1CCN[C@H]2CS(=O)(=O)C[C@H]21. The van der Waals surface area contributed by atoms with Gasteiger partial charge in [-0.1, -0.05) is 18.2 Å². The molecule has 4 rings (SSSR count). The normalized spacial score (nSPS) is 24.2. The number of urea groups is 1. The van der Waals surface area contributed by atoms with Crippen LogP contribution in [0.3, 0.4) is 0 Å². The minimum Gasteiger partial charge on any atom is -0.331 e. The summed E-state index contributed by atoms with van der Waals surface area (Å²) in [5.41, 5.74) is 0.797. The molecule has 2 saturated heterocycles.